The van der Waals surface area contributed by atoms with E-state index in [2.05, 4.69) is 49.4 Å². The first kappa shape index (κ1) is 12.1. The fourth-order valence-corrected chi connectivity index (χ4v) is 2.64. The zero-order valence-corrected chi connectivity index (χ0v) is 10.8. The van der Waals surface area contributed by atoms with Crippen LogP contribution in [0.1, 0.15) is 23.3 Å². The lowest BCUT2D eigenvalue weighted by Crippen LogP contribution is -1.90. The largest absolute Gasteiger partial charge is 0.399 e. The van der Waals surface area contributed by atoms with Crippen molar-refractivity contribution in [2.24, 2.45) is 0 Å². The summed E-state index contributed by atoms with van der Waals surface area (Å²) in [6.07, 6.45) is 0. The normalized spacial score (nSPS) is 12.3. The Morgan fingerprint density at radius 3 is 2.29 bits per heavy atom. The van der Waals surface area contributed by atoms with Crippen LogP contribution < -0.4 is 5.73 Å². The second-order valence-electron chi connectivity index (χ2n) is 4.11. The molecule has 0 saturated carbocycles. The van der Waals surface area contributed by atoms with Crippen LogP contribution in [0.2, 0.25) is 0 Å². The van der Waals surface area contributed by atoms with Crippen molar-refractivity contribution < 1.29 is 0 Å². The molecule has 2 N–H and O–H groups in total. The molecule has 0 aliphatic carbocycles. The zero-order valence-electron chi connectivity index (χ0n) is 9.97. The van der Waals surface area contributed by atoms with Crippen LogP contribution in [0.5, 0.6) is 0 Å². The summed E-state index contributed by atoms with van der Waals surface area (Å²) < 4.78 is 0. The lowest BCUT2D eigenvalue weighted by atomic mass is 10.2. The SMILES string of the molecule is CC(SCc1ccc(N)cc1)c1ccccc1. The maximum Gasteiger partial charge on any atom is 0.0314 e. The Bertz CT molecular complexity index is 450. The van der Waals surface area contributed by atoms with Crippen LogP contribution >= 0.6 is 11.8 Å². The van der Waals surface area contributed by atoms with Gasteiger partial charge in [-0.3, -0.25) is 0 Å². The van der Waals surface area contributed by atoms with Crippen LogP contribution in [0.4, 0.5) is 5.69 Å². The highest BCUT2D eigenvalue weighted by molar-refractivity contribution is 7.98. The van der Waals surface area contributed by atoms with Gasteiger partial charge < -0.3 is 5.73 Å². The first-order chi connectivity index (χ1) is 8.25. The molecule has 1 unspecified atom stereocenters. The molecule has 2 rings (SSSR count). The lowest BCUT2D eigenvalue weighted by molar-refractivity contribution is 1.09. The van der Waals surface area contributed by atoms with E-state index in [-0.39, 0.29) is 0 Å². The highest BCUT2D eigenvalue weighted by Gasteiger charge is 2.05. The third-order valence-corrected chi connectivity index (χ3v) is 4.02. The number of thioether (sulfide) groups is 1. The number of benzene rings is 2. The van der Waals surface area contributed by atoms with Gasteiger partial charge in [-0.25, -0.2) is 0 Å². The summed E-state index contributed by atoms with van der Waals surface area (Å²) in [6, 6.07) is 18.7. The molecule has 0 aliphatic rings. The van der Waals surface area contributed by atoms with Crippen molar-refractivity contribution in [3.8, 4) is 0 Å². The smallest absolute Gasteiger partial charge is 0.0314 e. The van der Waals surface area contributed by atoms with Gasteiger partial charge in [0.05, 0.1) is 0 Å². The molecular formula is C15H17NS. The van der Waals surface area contributed by atoms with Gasteiger partial charge in [-0.15, -0.1) is 11.8 Å². The van der Waals surface area contributed by atoms with Gasteiger partial charge in [-0.05, 0) is 30.2 Å². The van der Waals surface area contributed by atoms with Crippen LogP contribution in [0.15, 0.2) is 54.6 Å². The van der Waals surface area contributed by atoms with Gasteiger partial charge >= 0.3 is 0 Å². The van der Waals surface area contributed by atoms with Gasteiger partial charge in [0.15, 0.2) is 0 Å². The number of anilines is 1. The second kappa shape index (κ2) is 5.78. The van der Waals surface area contributed by atoms with Crippen LogP contribution in [-0.4, -0.2) is 0 Å². The molecule has 0 aliphatic heterocycles. The molecule has 0 fully saturated rings. The van der Waals surface area contributed by atoms with Crippen molar-refractivity contribution in [3.05, 3.63) is 65.7 Å². The summed E-state index contributed by atoms with van der Waals surface area (Å²) in [6.45, 7) is 2.25. The van der Waals surface area contributed by atoms with E-state index in [9.17, 15) is 0 Å². The van der Waals surface area contributed by atoms with E-state index in [0.717, 1.165) is 11.4 Å². The van der Waals surface area contributed by atoms with Gasteiger partial charge in [0.25, 0.3) is 0 Å². The Morgan fingerprint density at radius 1 is 1.00 bits per heavy atom. The van der Waals surface area contributed by atoms with Crippen molar-refractivity contribution in [1.29, 1.82) is 0 Å². The third kappa shape index (κ3) is 3.53. The fourth-order valence-electron chi connectivity index (χ4n) is 1.66. The molecule has 0 aromatic heterocycles. The standard InChI is InChI=1S/C15H17NS/c1-12(14-5-3-2-4-6-14)17-11-13-7-9-15(16)10-8-13/h2-10,12H,11,16H2,1H3. The number of nitrogen functional groups attached to an aromatic ring is 1. The Kier molecular flexibility index (Phi) is 4.10. The molecule has 88 valence electrons. The molecule has 1 nitrogen and oxygen atoms in total. The van der Waals surface area contributed by atoms with Crippen LogP contribution in [0.3, 0.4) is 0 Å². The predicted octanol–water partition coefficient (Wildman–Crippen LogP) is 4.26. The molecule has 0 heterocycles. The number of rotatable bonds is 4. The van der Waals surface area contributed by atoms with Crippen molar-refractivity contribution in [1.82, 2.24) is 0 Å². The van der Waals surface area contributed by atoms with E-state index < -0.39 is 0 Å². The van der Waals surface area contributed by atoms with E-state index in [1.54, 1.807) is 0 Å². The van der Waals surface area contributed by atoms with E-state index in [0.29, 0.717) is 5.25 Å². The van der Waals surface area contributed by atoms with Crippen LogP contribution in [-0.2, 0) is 5.75 Å². The lowest BCUT2D eigenvalue weighted by Gasteiger charge is -2.11. The third-order valence-electron chi connectivity index (χ3n) is 2.75. The van der Waals surface area contributed by atoms with Crippen molar-refractivity contribution in [3.63, 3.8) is 0 Å². The predicted molar refractivity (Wildman–Crippen MR) is 77.0 cm³/mol. The number of hydrogen-bond acceptors (Lipinski definition) is 2. The molecule has 0 amide bonds. The first-order valence-electron chi connectivity index (χ1n) is 5.76. The van der Waals surface area contributed by atoms with Crippen LogP contribution in [0.25, 0.3) is 0 Å². The summed E-state index contributed by atoms with van der Waals surface area (Å²) >= 11 is 1.95. The highest BCUT2D eigenvalue weighted by Crippen LogP contribution is 2.30. The van der Waals surface area contributed by atoms with Gasteiger partial charge in [0.1, 0.15) is 0 Å². The maximum atomic E-state index is 5.67. The van der Waals surface area contributed by atoms with Gasteiger partial charge in [-0.1, -0.05) is 42.5 Å². The molecule has 0 bridgehead atoms. The van der Waals surface area contributed by atoms with Gasteiger partial charge in [0.2, 0.25) is 0 Å². The molecule has 17 heavy (non-hydrogen) atoms. The molecule has 2 aromatic rings. The van der Waals surface area contributed by atoms with Gasteiger partial charge in [0, 0.05) is 16.7 Å². The molecule has 0 radical (unpaired) electrons. The Labute approximate surface area is 107 Å². The summed E-state index contributed by atoms with van der Waals surface area (Å²) in [5, 5.41) is 0.522. The number of nitrogens with two attached hydrogens (primary N) is 1. The second-order valence-corrected chi connectivity index (χ2v) is 5.43. The summed E-state index contributed by atoms with van der Waals surface area (Å²) in [7, 11) is 0. The minimum Gasteiger partial charge on any atom is -0.399 e. The average Bonchev–Trinajstić information content (AvgIpc) is 2.39. The van der Waals surface area contributed by atoms with Crippen molar-refractivity contribution in [2.45, 2.75) is 17.9 Å². The molecular weight excluding hydrogens is 226 g/mol. The Hall–Kier alpha value is -1.41. The minimum atomic E-state index is 0.522. The Balaban J connectivity index is 1.92. The zero-order chi connectivity index (χ0) is 12.1. The highest BCUT2D eigenvalue weighted by atomic mass is 32.2. The topological polar surface area (TPSA) is 26.0 Å². The molecule has 2 heteroatoms. The van der Waals surface area contributed by atoms with Crippen LogP contribution in [0, 0.1) is 0 Å². The summed E-state index contributed by atoms with van der Waals surface area (Å²) in [5.41, 5.74) is 9.20. The first-order valence-corrected chi connectivity index (χ1v) is 6.81. The van der Waals surface area contributed by atoms with E-state index in [1.807, 2.05) is 23.9 Å². The molecule has 0 spiro atoms. The van der Waals surface area contributed by atoms with Crippen molar-refractivity contribution in [2.75, 3.05) is 5.73 Å². The molecule has 2 aromatic carbocycles. The fraction of sp³-hybridized carbons (Fsp3) is 0.200. The maximum absolute atomic E-state index is 5.67. The average molecular weight is 243 g/mol. The molecule has 1 atom stereocenters. The number of hydrogen-bond donors (Lipinski definition) is 1. The Morgan fingerprint density at radius 2 is 1.65 bits per heavy atom. The van der Waals surface area contributed by atoms with E-state index in [4.69, 9.17) is 5.73 Å². The monoisotopic (exact) mass is 243 g/mol. The van der Waals surface area contributed by atoms with E-state index in [1.165, 1.54) is 11.1 Å². The summed E-state index contributed by atoms with van der Waals surface area (Å²) in [5.74, 6) is 1.02. The van der Waals surface area contributed by atoms with E-state index >= 15 is 0 Å². The summed E-state index contributed by atoms with van der Waals surface area (Å²) in [4.78, 5) is 0. The minimum absolute atomic E-state index is 0.522. The van der Waals surface area contributed by atoms with Crippen molar-refractivity contribution >= 4 is 17.4 Å². The molecule has 0 saturated heterocycles. The van der Waals surface area contributed by atoms with Gasteiger partial charge in [-0.2, -0.15) is 0 Å². The quantitative estimate of drug-likeness (QED) is 0.812.